The van der Waals surface area contributed by atoms with E-state index in [-0.39, 0.29) is 29.5 Å². The average molecular weight is 622 g/mol. The second-order valence-electron chi connectivity index (χ2n) is 10.6. The number of alkyl carbamates (subject to hydrolysis) is 1. The van der Waals surface area contributed by atoms with Crippen LogP contribution in [0.1, 0.15) is 24.8 Å². The van der Waals surface area contributed by atoms with E-state index in [9.17, 15) is 28.4 Å². The number of nitro groups is 1. The summed E-state index contributed by atoms with van der Waals surface area (Å²) in [5, 5.41) is 25.3. The average Bonchev–Trinajstić information content (AvgIpc) is 3.63. The summed E-state index contributed by atoms with van der Waals surface area (Å²) in [7, 11) is -4.39. The Morgan fingerprint density at radius 3 is 2.49 bits per heavy atom. The van der Waals surface area contributed by atoms with E-state index in [0.717, 1.165) is 29.8 Å². The molecule has 234 valence electrons. The fraction of sp³-hybridized carbons (Fsp3) is 0.536. The van der Waals surface area contributed by atoms with Gasteiger partial charge in [0.05, 0.1) is 53.7 Å². The van der Waals surface area contributed by atoms with Gasteiger partial charge in [-0.3, -0.25) is 15.0 Å². The van der Waals surface area contributed by atoms with E-state index in [2.05, 4.69) is 5.32 Å². The van der Waals surface area contributed by atoms with Gasteiger partial charge >= 0.3 is 6.09 Å². The Hall–Kier alpha value is -3.18. The lowest BCUT2D eigenvalue weighted by atomic mass is 10.0. The number of hydrogen-bond donors (Lipinski definition) is 2. The fourth-order valence-corrected chi connectivity index (χ4v) is 6.60. The molecule has 2 aromatic rings. The highest BCUT2D eigenvalue weighted by atomic mass is 32.2. The number of benzene rings is 2. The van der Waals surface area contributed by atoms with Gasteiger partial charge in [-0.15, -0.1) is 0 Å². The normalized spacial score (nSPS) is 23.9. The number of nitrogens with one attached hydrogen (secondary N) is 1. The largest absolute Gasteiger partial charge is 0.443 e. The summed E-state index contributed by atoms with van der Waals surface area (Å²) in [4.78, 5) is 29.2. The van der Waals surface area contributed by atoms with E-state index in [1.165, 1.54) is 0 Å². The van der Waals surface area contributed by atoms with Crippen LogP contribution in [-0.2, 0) is 40.2 Å². The van der Waals surface area contributed by atoms with Crippen LogP contribution in [-0.4, -0.2) is 92.6 Å². The first-order chi connectivity index (χ1) is 20.7. The predicted molar refractivity (Wildman–Crippen MR) is 149 cm³/mol. The number of sulfonamides is 1. The van der Waals surface area contributed by atoms with Gasteiger partial charge < -0.3 is 29.4 Å². The summed E-state index contributed by atoms with van der Waals surface area (Å²) in [6.45, 7) is 0.910. The molecular weight excluding hydrogens is 586 g/mol. The molecule has 0 radical (unpaired) electrons. The van der Waals surface area contributed by atoms with Crippen molar-refractivity contribution in [2.45, 2.75) is 61.2 Å². The number of nitrogens with zero attached hydrogens (tertiary/aromatic N) is 2. The second-order valence-corrected chi connectivity index (χ2v) is 12.5. The van der Waals surface area contributed by atoms with Crippen LogP contribution in [0.25, 0.3) is 0 Å². The van der Waals surface area contributed by atoms with E-state index in [4.69, 9.17) is 23.8 Å². The highest BCUT2D eigenvalue weighted by Gasteiger charge is 2.44. The van der Waals surface area contributed by atoms with E-state index < -0.39 is 58.2 Å². The van der Waals surface area contributed by atoms with Crippen LogP contribution < -0.4 is 5.32 Å². The number of aliphatic hydroxyl groups is 1. The van der Waals surface area contributed by atoms with Gasteiger partial charge in [-0.25, -0.2) is 13.2 Å². The van der Waals surface area contributed by atoms with Gasteiger partial charge in [-0.1, -0.05) is 34.8 Å². The number of nitro benzene ring substituents is 1. The first-order valence-electron chi connectivity index (χ1n) is 14.1. The van der Waals surface area contributed by atoms with Gasteiger partial charge in [0.2, 0.25) is 0 Å². The Kier molecular flexibility index (Phi) is 10.2. The molecule has 3 heterocycles. The van der Waals surface area contributed by atoms with Crippen LogP contribution in [0.15, 0.2) is 59.5 Å². The zero-order chi connectivity index (χ0) is 30.4. The maximum Gasteiger partial charge on any atom is 0.407 e. The van der Waals surface area contributed by atoms with Crippen molar-refractivity contribution in [2.24, 2.45) is 5.92 Å². The molecule has 14 nitrogen and oxygen atoms in total. The molecule has 2 N–H and O–H groups in total. The SMILES string of the molecule is O=C(N[C@@H](Cc1ccccc1)[C@H](O)CN(OC1CCOCC1)S(=O)(=O)c1ccc([N+](=O)[O-])cc1)O[C@H]1CO[C@H]2OCC[C@H]21. The van der Waals surface area contributed by atoms with Crippen molar-refractivity contribution in [3.05, 3.63) is 70.3 Å². The van der Waals surface area contributed by atoms with Gasteiger partial charge in [0.15, 0.2) is 6.29 Å². The zero-order valence-electron chi connectivity index (χ0n) is 23.4. The fourth-order valence-electron chi connectivity index (χ4n) is 5.30. The van der Waals surface area contributed by atoms with Crippen LogP contribution in [0.5, 0.6) is 0 Å². The van der Waals surface area contributed by atoms with Gasteiger partial charge in [0, 0.05) is 25.3 Å². The maximum atomic E-state index is 13.7. The minimum Gasteiger partial charge on any atom is -0.443 e. The van der Waals surface area contributed by atoms with Gasteiger partial charge in [-0.2, -0.15) is 0 Å². The Morgan fingerprint density at radius 1 is 1.07 bits per heavy atom. The van der Waals surface area contributed by atoms with Crippen molar-refractivity contribution in [3.63, 3.8) is 0 Å². The lowest BCUT2D eigenvalue weighted by molar-refractivity contribution is -0.384. The van der Waals surface area contributed by atoms with Crippen LogP contribution in [0, 0.1) is 16.0 Å². The first-order valence-corrected chi connectivity index (χ1v) is 15.6. The number of hydroxylamine groups is 1. The lowest BCUT2D eigenvalue weighted by Crippen LogP contribution is -2.52. The molecular formula is C28H35N3O11S. The summed E-state index contributed by atoms with van der Waals surface area (Å²) >= 11 is 0. The molecule has 3 saturated heterocycles. The second kappa shape index (κ2) is 14.1. The molecule has 0 unspecified atom stereocenters. The van der Waals surface area contributed by atoms with Crippen molar-refractivity contribution < 1.29 is 47.0 Å². The van der Waals surface area contributed by atoms with Crippen molar-refractivity contribution in [1.82, 2.24) is 9.79 Å². The highest BCUT2D eigenvalue weighted by molar-refractivity contribution is 7.89. The third-order valence-electron chi connectivity index (χ3n) is 7.69. The molecule has 3 aliphatic heterocycles. The number of non-ortho nitro benzene ring substituents is 1. The quantitative estimate of drug-likeness (QED) is 0.262. The molecule has 1 amide bonds. The molecule has 5 atom stereocenters. The summed E-state index contributed by atoms with van der Waals surface area (Å²) < 4.78 is 50.2. The van der Waals surface area contributed by atoms with Crippen LogP contribution >= 0.6 is 0 Å². The number of carbonyl (C=O) groups is 1. The van der Waals surface area contributed by atoms with E-state index >= 15 is 0 Å². The van der Waals surface area contributed by atoms with Crippen LogP contribution in [0.3, 0.4) is 0 Å². The standard InChI is InChI=1S/C28H35N3O11S/c32-25(17-30(42-21-10-13-38-14-11-21)43(36,37)22-8-6-20(7-9-22)31(34)35)24(16-19-4-2-1-3-5-19)29-28(33)41-26-18-40-27-23(26)12-15-39-27/h1-9,21,23-27,32H,10-18H2,(H,29,33)/t23-,24-,25+,26-,27+/m0/s1. The number of carbonyl (C=O) groups excluding carboxylic acids is 1. The number of amides is 1. The van der Waals surface area contributed by atoms with E-state index in [1.807, 2.05) is 30.3 Å². The van der Waals surface area contributed by atoms with Crippen molar-refractivity contribution in [2.75, 3.05) is 33.0 Å². The number of fused-ring (bicyclic) bond motifs is 1. The number of aliphatic hydroxyl groups excluding tert-OH is 1. The van der Waals surface area contributed by atoms with Gasteiger partial charge in [0.1, 0.15) is 6.10 Å². The molecule has 0 saturated carbocycles. The van der Waals surface area contributed by atoms with Crippen molar-refractivity contribution >= 4 is 21.8 Å². The third kappa shape index (κ3) is 7.86. The molecule has 2 aromatic carbocycles. The van der Waals surface area contributed by atoms with Crippen LogP contribution in [0.2, 0.25) is 0 Å². The predicted octanol–water partition coefficient (Wildman–Crippen LogP) is 2.16. The molecule has 0 bridgehead atoms. The van der Waals surface area contributed by atoms with Gasteiger partial charge in [0.25, 0.3) is 15.7 Å². The number of rotatable bonds is 12. The molecule has 3 fully saturated rings. The third-order valence-corrected chi connectivity index (χ3v) is 9.33. The Balaban J connectivity index is 1.35. The van der Waals surface area contributed by atoms with Crippen molar-refractivity contribution in [1.29, 1.82) is 0 Å². The van der Waals surface area contributed by atoms with Crippen molar-refractivity contribution in [3.8, 4) is 0 Å². The number of hydrogen-bond acceptors (Lipinski definition) is 11. The Labute approximate surface area is 249 Å². The molecule has 43 heavy (non-hydrogen) atoms. The highest BCUT2D eigenvalue weighted by Crippen LogP contribution is 2.33. The molecule has 0 spiro atoms. The zero-order valence-corrected chi connectivity index (χ0v) is 24.2. The minimum atomic E-state index is -4.39. The summed E-state index contributed by atoms with van der Waals surface area (Å²) in [5.41, 5.74) is 0.514. The summed E-state index contributed by atoms with van der Waals surface area (Å²) in [5.74, 6) is -0.0848. The maximum absolute atomic E-state index is 13.7. The number of ether oxygens (including phenoxy) is 4. The van der Waals surface area contributed by atoms with E-state index in [0.29, 0.717) is 43.6 Å². The molecule has 3 aliphatic rings. The minimum absolute atomic E-state index is 0.0848. The topological polar surface area (TPSA) is 176 Å². The van der Waals surface area contributed by atoms with Gasteiger partial charge in [-0.05, 0) is 43.4 Å². The summed E-state index contributed by atoms with van der Waals surface area (Å²) in [6.07, 6.45) is -1.96. The first kappa shape index (κ1) is 31.3. The Morgan fingerprint density at radius 2 is 1.79 bits per heavy atom. The molecule has 0 aromatic heterocycles. The smallest absolute Gasteiger partial charge is 0.407 e. The van der Waals surface area contributed by atoms with E-state index in [1.54, 1.807) is 0 Å². The summed E-state index contributed by atoms with van der Waals surface area (Å²) in [6, 6.07) is 12.5. The molecule has 15 heteroatoms. The monoisotopic (exact) mass is 621 g/mol. The van der Waals surface area contributed by atoms with Crippen LogP contribution in [0.4, 0.5) is 10.5 Å². The Bertz CT molecular complexity index is 1340. The molecule has 5 rings (SSSR count). The molecule has 0 aliphatic carbocycles. The lowest BCUT2D eigenvalue weighted by Gasteiger charge is -2.32.